The quantitative estimate of drug-likeness (QED) is 0.768. The Bertz CT molecular complexity index is 317. The maximum atomic E-state index is 5.50. The Hall–Kier alpha value is 0.350. The van der Waals surface area contributed by atoms with Crippen LogP contribution in [0, 0.1) is 3.57 Å². The average molecular weight is 383 g/mol. The average Bonchev–Trinajstić information content (AvgIpc) is 2.20. The highest BCUT2D eigenvalue weighted by atomic mass is 127. The van der Waals surface area contributed by atoms with Crippen molar-refractivity contribution in [2.24, 2.45) is 5.73 Å². The van der Waals surface area contributed by atoms with Gasteiger partial charge >= 0.3 is 0 Å². The molecule has 0 fully saturated rings. The van der Waals surface area contributed by atoms with Gasteiger partial charge in [-0.3, -0.25) is 0 Å². The Labute approximate surface area is 113 Å². The number of nitrogens with one attached hydrogen (secondary N) is 1. The summed E-state index contributed by atoms with van der Waals surface area (Å²) in [5.41, 5.74) is 6.80. The summed E-state index contributed by atoms with van der Waals surface area (Å²) in [4.78, 5) is 0. The molecular weight excluding hydrogens is 367 g/mol. The fraction of sp³-hybridized carbons (Fsp3) is 0.455. The fourth-order valence-corrected chi connectivity index (χ4v) is 2.26. The molecule has 0 aliphatic rings. The summed E-state index contributed by atoms with van der Waals surface area (Å²) in [5.74, 6) is 0. The minimum Gasteiger partial charge on any atom is -0.330 e. The molecule has 0 saturated carbocycles. The van der Waals surface area contributed by atoms with E-state index in [0.717, 1.165) is 24.0 Å². The van der Waals surface area contributed by atoms with E-state index < -0.39 is 0 Å². The van der Waals surface area contributed by atoms with Crippen LogP contribution in [0.2, 0.25) is 0 Å². The van der Waals surface area contributed by atoms with E-state index >= 15 is 0 Å². The summed E-state index contributed by atoms with van der Waals surface area (Å²) in [6.45, 7) is 3.79. The number of hydrogen-bond donors (Lipinski definition) is 2. The molecule has 0 spiro atoms. The van der Waals surface area contributed by atoms with Crippen molar-refractivity contribution >= 4 is 38.5 Å². The molecule has 3 N–H and O–H groups in total. The van der Waals surface area contributed by atoms with Gasteiger partial charge in [-0.25, -0.2) is 0 Å². The van der Waals surface area contributed by atoms with Gasteiger partial charge in [0.25, 0.3) is 0 Å². The largest absolute Gasteiger partial charge is 0.330 e. The van der Waals surface area contributed by atoms with E-state index in [1.165, 1.54) is 9.13 Å². The molecule has 15 heavy (non-hydrogen) atoms. The molecule has 4 heteroatoms. The monoisotopic (exact) mass is 382 g/mol. The third-order valence-corrected chi connectivity index (χ3v) is 3.69. The number of hydrogen-bond acceptors (Lipinski definition) is 2. The minimum absolute atomic E-state index is 0.472. The van der Waals surface area contributed by atoms with Crippen LogP contribution in [0.3, 0.4) is 0 Å². The van der Waals surface area contributed by atoms with Crippen LogP contribution < -0.4 is 11.1 Å². The molecule has 0 saturated heterocycles. The van der Waals surface area contributed by atoms with Gasteiger partial charge in [-0.1, -0.05) is 15.9 Å². The lowest BCUT2D eigenvalue weighted by Crippen LogP contribution is -2.27. The van der Waals surface area contributed by atoms with Crippen molar-refractivity contribution in [3.63, 3.8) is 0 Å². The van der Waals surface area contributed by atoms with E-state index in [-0.39, 0.29) is 0 Å². The fourth-order valence-electron chi connectivity index (χ4n) is 1.32. The lowest BCUT2D eigenvalue weighted by Gasteiger charge is -2.13. The van der Waals surface area contributed by atoms with Gasteiger partial charge in [0.1, 0.15) is 0 Å². The molecule has 0 radical (unpaired) electrons. The Morgan fingerprint density at radius 3 is 2.93 bits per heavy atom. The second-order valence-electron chi connectivity index (χ2n) is 3.60. The molecule has 1 rings (SSSR count). The second kappa shape index (κ2) is 6.83. The van der Waals surface area contributed by atoms with Crippen molar-refractivity contribution in [1.29, 1.82) is 0 Å². The number of benzene rings is 1. The van der Waals surface area contributed by atoms with Crippen LogP contribution in [-0.4, -0.2) is 12.6 Å². The zero-order chi connectivity index (χ0) is 11.3. The summed E-state index contributed by atoms with van der Waals surface area (Å²) in [6, 6.07) is 6.84. The van der Waals surface area contributed by atoms with E-state index in [4.69, 9.17) is 5.73 Å². The van der Waals surface area contributed by atoms with Crippen molar-refractivity contribution < 1.29 is 0 Å². The van der Waals surface area contributed by atoms with Crippen LogP contribution >= 0.6 is 38.5 Å². The molecule has 1 aromatic carbocycles. The van der Waals surface area contributed by atoms with Gasteiger partial charge in [0.2, 0.25) is 0 Å². The van der Waals surface area contributed by atoms with Gasteiger partial charge in [-0.2, -0.15) is 0 Å². The molecule has 0 aromatic heterocycles. The first-order valence-electron chi connectivity index (χ1n) is 5.01. The highest BCUT2D eigenvalue weighted by Crippen LogP contribution is 2.19. The van der Waals surface area contributed by atoms with Gasteiger partial charge in [0.15, 0.2) is 0 Å². The summed E-state index contributed by atoms with van der Waals surface area (Å²) >= 11 is 5.88. The number of halogens is 2. The summed E-state index contributed by atoms with van der Waals surface area (Å²) in [7, 11) is 0. The lowest BCUT2D eigenvalue weighted by molar-refractivity contribution is 0.519. The second-order valence-corrected chi connectivity index (χ2v) is 5.69. The van der Waals surface area contributed by atoms with Gasteiger partial charge < -0.3 is 11.1 Å². The topological polar surface area (TPSA) is 38.0 Å². The lowest BCUT2D eigenvalue weighted by atomic mass is 10.2. The predicted molar refractivity (Wildman–Crippen MR) is 76.8 cm³/mol. The standard InChI is InChI=1S/C11H16BrIN2/c1-8(4-5-14)15-7-9-6-10(13)2-3-11(9)12/h2-3,6,8,15H,4-5,7,14H2,1H3. The van der Waals surface area contributed by atoms with E-state index in [1.54, 1.807) is 0 Å². The first-order valence-corrected chi connectivity index (χ1v) is 6.88. The van der Waals surface area contributed by atoms with Gasteiger partial charge in [0, 0.05) is 20.6 Å². The molecular formula is C11H16BrIN2. The van der Waals surface area contributed by atoms with Crippen LogP contribution in [0.4, 0.5) is 0 Å². The van der Waals surface area contributed by atoms with Crippen LogP contribution in [0.5, 0.6) is 0 Å². The van der Waals surface area contributed by atoms with E-state index in [1.807, 2.05) is 0 Å². The SMILES string of the molecule is CC(CCN)NCc1cc(I)ccc1Br. The van der Waals surface area contributed by atoms with Crippen LogP contribution in [0.1, 0.15) is 18.9 Å². The normalized spacial score (nSPS) is 12.8. The van der Waals surface area contributed by atoms with Crippen molar-refractivity contribution in [2.75, 3.05) is 6.54 Å². The molecule has 1 atom stereocenters. The molecule has 0 aliphatic heterocycles. The minimum atomic E-state index is 0.472. The predicted octanol–water partition coefficient (Wildman–Crippen LogP) is 2.88. The Balaban J connectivity index is 2.53. The Morgan fingerprint density at radius 2 is 2.27 bits per heavy atom. The van der Waals surface area contributed by atoms with Crippen molar-refractivity contribution in [3.05, 3.63) is 31.8 Å². The van der Waals surface area contributed by atoms with E-state index in [2.05, 4.69) is 69.0 Å². The molecule has 1 unspecified atom stereocenters. The molecule has 0 amide bonds. The van der Waals surface area contributed by atoms with E-state index in [0.29, 0.717) is 6.04 Å². The third-order valence-electron chi connectivity index (χ3n) is 2.25. The molecule has 0 aliphatic carbocycles. The van der Waals surface area contributed by atoms with Crippen molar-refractivity contribution in [1.82, 2.24) is 5.32 Å². The summed E-state index contributed by atoms with van der Waals surface area (Å²) in [6.07, 6.45) is 1.02. The first-order chi connectivity index (χ1) is 7.13. The Morgan fingerprint density at radius 1 is 1.53 bits per heavy atom. The number of rotatable bonds is 5. The van der Waals surface area contributed by atoms with Crippen LogP contribution in [0.25, 0.3) is 0 Å². The smallest absolute Gasteiger partial charge is 0.0220 e. The Kier molecular flexibility index (Phi) is 6.11. The third kappa shape index (κ3) is 4.80. The summed E-state index contributed by atoms with van der Waals surface area (Å²) < 4.78 is 2.43. The molecule has 0 bridgehead atoms. The zero-order valence-corrected chi connectivity index (χ0v) is 12.5. The van der Waals surface area contributed by atoms with Gasteiger partial charge in [0.05, 0.1) is 0 Å². The van der Waals surface area contributed by atoms with E-state index in [9.17, 15) is 0 Å². The maximum absolute atomic E-state index is 5.50. The highest BCUT2D eigenvalue weighted by Gasteiger charge is 2.03. The van der Waals surface area contributed by atoms with Crippen molar-refractivity contribution in [2.45, 2.75) is 25.9 Å². The maximum Gasteiger partial charge on any atom is 0.0220 e. The molecule has 1 aromatic rings. The molecule has 0 heterocycles. The van der Waals surface area contributed by atoms with Crippen molar-refractivity contribution in [3.8, 4) is 0 Å². The molecule has 84 valence electrons. The number of nitrogens with two attached hydrogens (primary N) is 1. The van der Waals surface area contributed by atoms with Gasteiger partial charge in [-0.05, 0) is 66.2 Å². The first kappa shape index (κ1) is 13.4. The van der Waals surface area contributed by atoms with Crippen LogP contribution in [-0.2, 0) is 6.54 Å². The highest BCUT2D eigenvalue weighted by molar-refractivity contribution is 14.1. The zero-order valence-electron chi connectivity index (χ0n) is 8.76. The summed E-state index contributed by atoms with van der Waals surface area (Å²) in [5, 5.41) is 3.45. The van der Waals surface area contributed by atoms with Crippen LogP contribution in [0.15, 0.2) is 22.7 Å². The van der Waals surface area contributed by atoms with Gasteiger partial charge in [-0.15, -0.1) is 0 Å². The molecule has 2 nitrogen and oxygen atoms in total.